The van der Waals surface area contributed by atoms with Crippen LogP contribution in [0.25, 0.3) is 11.3 Å². The predicted octanol–water partition coefficient (Wildman–Crippen LogP) is 3.20. The number of amides is 2. The van der Waals surface area contributed by atoms with Gasteiger partial charge in [0.2, 0.25) is 0 Å². The number of carbonyl (C=O) groups is 2. The highest BCUT2D eigenvalue weighted by Crippen LogP contribution is 2.32. The number of nitrogens with one attached hydrogen (secondary N) is 1. The third-order valence-corrected chi connectivity index (χ3v) is 3.75. The smallest absolute Gasteiger partial charge is 0.404 e. The minimum Gasteiger partial charge on any atom is -0.496 e. The standard InChI is InChI=1S/C19H17N3O5/c1-25-16-8-14(6-7-15(16)17-9-21-11-27-17)22-18(23)13-4-2-12(3-5-13)10-26-19(20)24/h2-9,11H,10H2,1H3,(H2,20,24)(H,22,23). The van der Waals surface area contributed by atoms with Gasteiger partial charge in [-0.05, 0) is 29.8 Å². The van der Waals surface area contributed by atoms with Crippen LogP contribution in [0.2, 0.25) is 0 Å². The Morgan fingerprint density at radius 3 is 2.59 bits per heavy atom. The molecule has 0 radical (unpaired) electrons. The first kappa shape index (κ1) is 18.0. The first-order valence-corrected chi connectivity index (χ1v) is 7.96. The van der Waals surface area contributed by atoms with Crippen LogP contribution in [0.15, 0.2) is 59.5 Å². The number of anilines is 1. The number of aromatic nitrogens is 1. The van der Waals surface area contributed by atoms with Crippen molar-refractivity contribution in [2.75, 3.05) is 12.4 Å². The van der Waals surface area contributed by atoms with Gasteiger partial charge in [0, 0.05) is 17.3 Å². The number of nitrogens with two attached hydrogens (primary N) is 1. The number of rotatable bonds is 6. The monoisotopic (exact) mass is 367 g/mol. The molecule has 138 valence electrons. The molecule has 8 nitrogen and oxygen atoms in total. The average Bonchev–Trinajstić information content (AvgIpc) is 3.21. The van der Waals surface area contributed by atoms with Crippen molar-refractivity contribution >= 4 is 17.7 Å². The minimum absolute atomic E-state index is 0.0531. The number of hydrogen-bond acceptors (Lipinski definition) is 6. The van der Waals surface area contributed by atoms with Crippen LogP contribution in [0, 0.1) is 0 Å². The normalized spacial score (nSPS) is 10.3. The van der Waals surface area contributed by atoms with E-state index in [9.17, 15) is 9.59 Å². The van der Waals surface area contributed by atoms with Crippen molar-refractivity contribution in [1.29, 1.82) is 0 Å². The number of ether oxygens (including phenoxy) is 2. The van der Waals surface area contributed by atoms with Crippen LogP contribution in [-0.2, 0) is 11.3 Å². The zero-order valence-electron chi connectivity index (χ0n) is 14.5. The Kier molecular flexibility index (Phi) is 5.36. The molecule has 1 aromatic heterocycles. The summed E-state index contributed by atoms with van der Waals surface area (Å²) in [6.45, 7) is 0.0531. The van der Waals surface area contributed by atoms with Crippen LogP contribution < -0.4 is 15.8 Å². The third kappa shape index (κ3) is 4.43. The van der Waals surface area contributed by atoms with Gasteiger partial charge in [-0.25, -0.2) is 9.78 Å². The molecule has 0 aliphatic heterocycles. The van der Waals surface area contributed by atoms with Gasteiger partial charge in [0.05, 0.1) is 18.9 Å². The van der Waals surface area contributed by atoms with Crippen LogP contribution in [0.1, 0.15) is 15.9 Å². The summed E-state index contributed by atoms with van der Waals surface area (Å²) in [6.07, 6.45) is 2.07. The summed E-state index contributed by atoms with van der Waals surface area (Å²) in [5.74, 6) is 0.828. The van der Waals surface area contributed by atoms with Crippen molar-refractivity contribution in [3.63, 3.8) is 0 Å². The fraction of sp³-hybridized carbons (Fsp3) is 0.105. The van der Waals surface area contributed by atoms with Gasteiger partial charge in [0.1, 0.15) is 12.4 Å². The lowest BCUT2D eigenvalue weighted by Gasteiger charge is -2.10. The summed E-state index contributed by atoms with van der Waals surface area (Å²) in [4.78, 5) is 26.9. The SMILES string of the molecule is COc1cc(NC(=O)c2ccc(COC(N)=O)cc2)ccc1-c1cnco1. The van der Waals surface area contributed by atoms with E-state index in [4.69, 9.17) is 19.6 Å². The summed E-state index contributed by atoms with van der Waals surface area (Å²) in [7, 11) is 1.54. The maximum Gasteiger partial charge on any atom is 0.404 e. The number of hydrogen-bond donors (Lipinski definition) is 2. The number of nitrogens with zero attached hydrogens (tertiary/aromatic N) is 1. The molecular weight excluding hydrogens is 350 g/mol. The Balaban J connectivity index is 1.71. The van der Waals surface area contributed by atoms with E-state index in [-0.39, 0.29) is 12.5 Å². The summed E-state index contributed by atoms with van der Waals surface area (Å²) < 4.78 is 15.4. The molecule has 0 saturated carbocycles. The molecule has 3 aromatic rings. The van der Waals surface area contributed by atoms with Gasteiger partial charge < -0.3 is 24.9 Å². The predicted molar refractivity (Wildman–Crippen MR) is 97.3 cm³/mol. The number of oxazole rings is 1. The number of methoxy groups -OCH3 is 1. The molecule has 27 heavy (non-hydrogen) atoms. The van der Waals surface area contributed by atoms with Gasteiger partial charge in [0.25, 0.3) is 5.91 Å². The van der Waals surface area contributed by atoms with Crippen molar-refractivity contribution in [1.82, 2.24) is 4.98 Å². The lowest BCUT2D eigenvalue weighted by molar-refractivity contribution is 0.102. The Hall–Kier alpha value is -3.81. The molecule has 2 aromatic carbocycles. The molecule has 3 rings (SSSR count). The van der Waals surface area contributed by atoms with Gasteiger partial charge in [-0.15, -0.1) is 0 Å². The fourth-order valence-corrected chi connectivity index (χ4v) is 2.43. The van der Waals surface area contributed by atoms with Crippen LogP contribution in [-0.4, -0.2) is 24.1 Å². The van der Waals surface area contributed by atoms with Gasteiger partial charge in [-0.3, -0.25) is 4.79 Å². The summed E-state index contributed by atoms with van der Waals surface area (Å²) in [5, 5.41) is 2.80. The zero-order chi connectivity index (χ0) is 19.2. The first-order valence-electron chi connectivity index (χ1n) is 7.96. The molecule has 0 aliphatic carbocycles. The first-order chi connectivity index (χ1) is 13.1. The molecule has 1 heterocycles. The molecule has 0 bridgehead atoms. The second-order valence-corrected chi connectivity index (χ2v) is 5.54. The largest absolute Gasteiger partial charge is 0.496 e. The molecule has 0 fully saturated rings. The van der Waals surface area contributed by atoms with Crippen molar-refractivity contribution in [2.24, 2.45) is 5.73 Å². The van der Waals surface area contributed by atoms with Crippen molar-refractivity contribution in [3.05, 3.63) is 66.2 Å². The Morgan fingerprint density at radius 1 is 1.19 bits per heavy atom. The number of benzene rings is 2. The van der Waals surface area contributed by atoms with E-state index in [1.165, 1.54) is 13.5 Å². The molecule has 0 saturated heterocycles. The van der Waals surface area contributed by atoms with Gasteiger partial charge >= 0.3 is 6.09 Å². The van der Waals surface area contributed by atoms with E-state index < -0.39 is 6.09 Å². The Bertz CT molecular complexity index is 936. The highest BCUT2D eigenvalue weighted by Gasteiger charge is 2.12. The zero-order valence-corrected chi connectivity index (χ0v) is 14.5. The summed E-state index contributed by atoms with van der Waals surface area (Å²) >= 11 is 0. The molecular formula is C19H17N3O5. The van der Waals surface area contributed by atoms with E-state index in [0.717, 1.165) is 11.1 Å². The molecule has 0 aliphatic rings. The lowest BCUT2D eigenvalue weighted by atomic mass is 10.1. The van der Waals surface area contributed by atoms with Gasteiger partial charge in [-0.1, -0.05) is 12.1 Å². The highest BCUT2D eigenvalue weighted by molar-refractivity contribution is 6.04. The minimum atomic E-state index is -0.848. The van der Waals surface area contributed by atoms with Gasteiger partial charge in [-0.2, -0.15) is 0 Å². The maximum atomic E-state index is 12.4. The van der Waals surface area contributed by atoms with E-state index in [2.05, 4.69) is 10.3 Å². The third-order valence-electron chi connectivity index (χ3n) is 3.75. The summed E-state index contributed by atoms with van der Waals surface area (Å²) in [5.41, 5.74) is 7.40. The Labute approximate surface area is 154 Å². The van der Waals surface area contributed by atoms with Crippen LogP contribution in [0.5, 0.6) is 5.75 Å². The topological polar surface area (TPSA) is 117 Å². The molecule has 0 atom stereocenters. The average molecular weight is 367 g/mol. The number of primary amides is 1. The summed E-state index contributed by atoms with van der Waals surface area (Å²) in [6, 6.07) is 11.9. The second-order valence-electron chi connectivity index (χ2n) is 5.54. The van der Waals surface area contributed by atoms with Gasteiger partial charge in [0.15, 0.2) is 12.2 Å². The van der Waals surface area contributed by atoms with Crippen molar-refractivity contribution in [2.45, 2.75) is 6.61 Å². The Morgan fingerprint density at radius 2 is 1.96 bits per heavy atom. The number of carbonyl (C=O) groups excluding carboxylic acids is 2. The van der Waals surface area contributed by atoms with Crippen molar-refractivity contribution in [3.8, 4) is 17.1 Å². The molecule has 3 N–H and O–H groups in total. The van der Waals surface area contributed by atoms with Crippen LogP contribution in [0.4, 0.5) is 10.5 Å². The maximum absolute atomic E-state index is 12.4. The fourth-order valence-electron chi connectivity index (χ4n) is 2.43. The lowest BCUT2D eigenvalue weighted by Crippen LogP contribution is -2.13. The van der Waals surface area contributed by atoms with E-state index in [1.54, 1.807) is 48.7 Å². The van der Waals surface area contributed by atoms with Crippen LogP contribution >= 0.6 is 0 Å². The van der Waals surface area contributed by atoms with E-state index >= 15 is 0 Å². The molecule has 0 spiro atoms. The second kappa shape index (κ2) is 8.05. The van der Waals surface area contributed by atoms with E-state index in [1.807, 2.05) is 0 Å². The van der Waals surface area contributed by atoms with E-state index in [0.29, 0.717) is 22.8 Å². The van der Waals surface area contributed by atoms with Crippen molar-refractivity contribution < 1.29 is 23.5 Å². The molecule has 8 heteroatoms. The quantitative estimate of drug-likeness (QED) is 0.691. The van der Waals surface area contributed by atoms with Crippen LogP contribution in [0.3, 0.4) is 0 Å². The highest BCUT2D eigenvalue weighted by atomic mass is 16.5. The molecule has 2 amide bonds. The molecule has 0 unspecified atom stereocenters.